The van der Waals surface area contributed by atoms with Crippen LogP contribution in [0.15, 0.2) is 12.3 Å². The van der Waals surface area contributed by atoms with Crippen LogP contribution < -0.4 is 5.32 Å². The van der Waals surface area contributed by atoms with Gasteiger partial charge in [0.1, 0.15) is 0 Å². The Kier molecular flexibility index (Phi) is 4.55. The molecule has 21 heavy (non-hydrogen) atoms. The maximum absolute atomic E-state index is 11.0. The summed E-state index contributed by atoms with van der Waals surface area (Å²) in [5.74, 6) is 1.39. The molecule has 1 atom stereocenters. The predicted octanol–water partition coefficient (Wildman–Crippen LogP) is 1.51. The molecule has 116 valence electrons. The summed E-state index contributed by atoms with van der Waals surface area (Å²) in [6.45, 7) is 6.37. The van der Waals surface area contributed by atoms with Crippen LogP contribution in [0.25, 0.3) is 0 Å². The lowest BCUT2D eigenvalue weighted by molar-refractivity contribution is -0.114. The molecule has 0 radical (unpaired) electrons. The number of rotatable bonds is 7. The minimum absolute atomic E-state index is 0.0823. The van der Waals surface area contributed by atoms with E-state index < -0.39 is 0 Å². The number of hydrogen-bond donors (Lipinski definition) is 1. The smallest absolute Gasteiger partial charge is 0.222 e. The standard InChI is InChI=1S/C15H24N4O2/c1-12(20)16-15-5-7-19(17-15)14-4-6-18(10-14)8-9-21-11-13-2-3-13/h5,7,13-14H,2-4,6,8-11H2,1H3,(H,16,17,20)/t14-/m0/s1. The predicted molar refractivity (Wildman–Crippen MR) is 80.2 cm³/mol. The zero-order chi connectivity index (χ0) is 14.7. The van der Waals surface area contributed by atoms with Crippen LogP contribution in [0.5, 0.6) is 0 Å². The van der Waals surface area contributed by atoms with Crippen LogP contribution in [0.3, 0.4) is 0 Å². The van der Waals surface area contributed by atoms with Gasteiger partial charge in [0, 0.05) is 45.4 Å². The molecule has 1 aliphatic carbocycles. The highest BCUT2D eigenvalue weighted by Crippen LogP contribution is 2.28. The molecule has 6 nitrogen and oxygen atoms in total. The van der Waals surface area contributed by atoms with E-state index in [-0.39, 0.29) is 5.91 Å². The Balaban J connectivity index is 1.40. The first-order chi connectivity index (χ1) is 10.2. The second-order valence-electron chi connectivity index (χ2n) is 6.12. The Morgan fingerprint density at radius 1 is 1.48 bits per heavy atom. The zero-order valence-electron chi connectivity index (χ0n) is 12.6. The molecule has 1 aliphatic heterocycles. The number of aromatic nitrogens is 2. The quantitative estimate of drug-likeness (QED) is 0.774. The van der Waals surface area contributed by atoms with Crippen molar-refractivity contribution in [1.82, 2.24) is 14.7 Å². The molecule has 0 bridgehead atoms. The molecule has 2 fully saturated rings. The van der Waals surface area contributed by atoms with Crippen molar-refractivity contribution in [1.29, 1.82) is 0 Å². The molecule has 2 aliphatic rings. The lowest BCUT2D eigenvalue weighted by atomic mass is 10.3. The summed E-state index contributed by atoms with van der Waals surface area (Å²) in [5.41, 5.74) is 0. The number of nitrogens with zero attached hydrogens (tertiary/aromatic N) is 3. The Morgan fingerprint density at radius 3 is 3.10 bits per heavy atom. The Labute approximate surface area is 125 Å². The molecule has 1 aromatic rings. The molecule has 0 aromatic carbocycles. The van der Waals surface area contributed by atoms with Crippen molar-refractivity contribution in [2.24, 2.45) is 5.92 Å². The van der Waals surface area contributed by atoms with Gasteiger partial charge in [-0.2, -0.15) is 5.10 Å². The van der Waals surface area contributed by atoms with E-state index in [9.17, 15) is 4.79 Å². The van der Waals surface area contributed by atoms with E-state index in [1.54, 1.807) is 0 Å². The van der Waals surface area contributed by atoms with E-state index in [0.29, 0.717) is 11.9 Å². The lowest BCUT2D eigenvalue weighted by Gasteiger charge is -2.16. The second kappa shape index (κ2) is 6.58. The minimum Gasteiger partial charge on any atom is -0.380 e. The van der Waals surface area contributed by atoms with Gasteiger partial charge in [-0.3, -0.25) is 14.4 Å². The van der Waals surface area contributed by atoms with Crippen LogP contribution in [-0.2, 0) is 9.53 Å². The van der Waals surface area contributed by atoms with Crippen molar-refractivity contribution in [3.05, 3.63) is 12.3 Å². The largest absolute Gasteiger partial charge is 0.380 e. The first kappa shape index (κ1) is 14.5. The zero-order valence-corrected chi connectivity index (χ0v) is 12.6. The lowest BCUT2D eigenvalue weighted by Crippen LogP contribution is -2.26. The third-order valence-corrected chi connectivity index (χ3v) is 4.14. The number of carbonyl (C=O) groups excluding carboxylic acids is 1. The Bertz CT molecular complexity index is 484. The van der Waals surface area contributed by atoms with Gasteiger partial charge in [-0.1, -0.05) is 0 Å². The van der Waals surface area contributed by atoms with Crippen molar-refractivity contribution in [3.8, 4) is 0 Å². The van der Waals surface area contributed by atoms with Gasteiger partial charge in [-0.15, -0.1) is 0 Å². The maximum Gasteiger partial charge on any atom is 0.222 e. The number of nitrogens with one attached hydrogen (secondary N) is 1. The van der Waals surface area contributed by atoms with Crippen LogP contribution in [-0.4, -0.2) is 53.4 Å². The number of amides is 1. The molecule has 1 aromatic heterocycles. The summed E-state index contributed by atoms with van der Waals surface area (Å²) in [7, 11) is 0. The summed E-state index contributed by atoms with van der Waals surface area (Å²) >= 11 is 0. The van der Waals surface area contributed by atoms with Crippen molar-refractivity contribution in [2.45, 2.75) is 32.2 Å². The average Bonchev–Trinajstić information content (AvgIpc) is 2.96. The van der Waals surface area contributed by atoms with Crippen LogP contribution in [0.4, 0.5) is 5.82 Å². The monoisotopic (exact) mass is 292 g/mol. The number of carbonyl (C=O) groups is 1. The number of ether oxygens (including phenoxy) is 1. The molecule has 1 saturated carbocycles. The SMILES string of the molecule is CC(=O)Nc1ccn([C@H]2CCN(CCOCC3CC3)C2)n1. The maximum atomic E-state index is 11.0. The van der Waals surface area contributed by atoms with Crippen LogP contribution in [0.2, 0.25) is 0 Å². The third-order valence-electron chi connectivity index (χ3n) is 4.14. The fourth-order valence-corrected chi connectivity index (χ4v) is 2.75. The van der Waals surface area contributed by atoms with Crippen LogP contribution in [0, 0.1) is 5.92 Å². The molecule has 2 heterocycles. The van der Waals surface area contributed by atoms with E-state index >= 15 is 0 Å². The van der Waals surface area contributed by atoms with Gasteiger partial charge in [0.25, 0.3) is 0 Å². The third kappa shape index (κ3) is 4.28. The minimum atomic E-state index is -0.0823. The van der Waals surface area contributed by atoms with Gasteiger partial charge in [0.15, 0.2) is 5.82 Å². The van der Waals surface area contributed by atoms with Crippen LogP contribution in [0.1, 0.15) is 32.2 Å². The number of likely N-dealkylation sites (tertiary alicyclic amines) is 1. The molecule has 6 heteroatoms. The first-order valence-corrected chi connectivity index (χ1v) is 7.83. The highest BCUT2D eigenvalue weighted by atomic mass is 16.5. The van der Waals surface area contributed by atoms with Crippen molar-refractivity contribution >= 4 is 11.7 Å². The van der Waals surface area contributed by atoms with E-state index in [2.05, 4.69) is 15.3 Å². The molecule has 1 amide bonds. The normalized spacial score (nSPS) is 22.6. The van der Waals surface area contributed by atoms with E-state index in [1.165, 1.54) is 19.8 Å². The summed E-state index contributed by atoms with van der Waals surface area (Å²) < 4.78 is 7.67. The summed E-state index contributed by atoms with van der Waals surface area (Å²) in [5, 5.41) is 7.14. The van der Waals surface area contributed by atoms with Crippen molar-refractivity contribution in [3.63, 3.8) is 0 Å². The van der Waals surface area contributed by atoms with Crippen LogP contribution >= 0.6 is 0 Å². The Morgan fingerprint density at radius 2 is 2.33 bits per heavy atom. The van der Waals surface area contributed by atoms with Gasteiger partial charge in [0.2, 0.25) is 5.91 Å². The van der Waals surface area contributed by atoms with Gasteiger partial charge in [0.05, 0.1) is 12.6 Å². The second-order valence-corrected chi connectivity index (χ2v) is 6.12. The summed E-state index contributed by atoms with van der Waals surface area (Å²) in [4.78, 5) is 13.4. The molecule has 0 spiro atoms. The average molecular weight is 292 g/mol. The highest BCUT2D eigenvalue weighted by Gasteiger charge is 2.25. The van der Waals surface area contributed by atoms with Crippen molar-refractivity contribution < 1.29 is 9.53 Å². The fourth-order valence-electron chi connectivity index (χ4n) is 2.75. The number of anilines is 1. The topological polar surface area (TPSA) is 59.4 Å². The number of hydrogen-bond acceptors (Lipinski definition) is 4. The van der Waals surface area contributed by atoms with E-state index in [4.69, 9.17) is 4.74 Å². The van der Waals surface area contributed by atoms with E-state index in [1.807, 2.05) is 16.9 Å². The van der Waals surface area contributed by atoms with Gasteiger partial charge in [-0.25, -0.2) is 0 Å². The van der Waals surface area contributed by atoms with Gasteiger partial charge in [-0.05, 0) is 25.2 Å². The fraction of sp³-hybridized carbons (Fsp3) is 0.733. The molecule has 0 unspecified atom stereocenters. The molecule has 3 rings (SSSR count). The molecule has 1 saturated heterocycles. The first-order valence-electron chi connectivity index (χ1n) is 7.83. The highest BCUT2D eigenvalue weighted by molar-refractivity contribution is 5.87. The molecular formula is C15H24N4O2. The van der Waals surface area contributed by atoms with Crippen molar-refractivity contribution in [2.75, 3.05) is 38.2 Å². The molecular weight excluding hydrogens is 268 g/mol. The van der Waals surface area contributed by atoms with Gasteiger partial charge >= 0.3 is 0 Å². The van der Waals surface area contributed by atoms with Gasteiger partial charge < -0.3 is 10.1 Å². The van der Waals surface area contributed by atoms with E-state index in [0.717, 1.165) is 45.2 Å². The Hall–Kier alpha value is -1.40. The summed E-state index contributed by atoms with van der Waals surface area (Å²) in [6.07, 6.45) is 5.75. The molecule has 1 N–H and O–H groups in total. The summed E-state index contributed by atoms with van der Waals surface area (Å²) in [6, 6.07) is 2.25.